The Hall–Kier alpha value is -1.37. The van der Waals surface area contributed by atoms with Gasteiger partial charge in [-0.05, 0) is 5.56 Å². The van der Waals surface area contributed by atoms with E-state index in [-0.39, 0.29) is 30.9 Å². The predicted molar refractivity (Wildman–Crippen MR) is 103 cm³/mol. The van der Waals surface area contributed by atoms with Crippen molar-refractivity contribution < 1.29 is 41.1 Å². The van der Waals surface area contributed by atoms with E-state index in [2.05, 4.69) is 88.7 Å². The molecule has 1 heterocycles. The first kappa shape index (κ1) is 23.7. The Morgan fingerprint density at radius 2 is 1.63 bits per heavy atom. The van der Waals surface area contributed by atoms with Gasteiger partial charge in [0.1, 0.15) is 12.4 Å². The number of allylic oxidation sites excluding steroid dienone is 1. The summed E-state index contributed by atoms with van der Waals surface area (Å²) in [5, 5.41) is 1.09. The van der Waals surface area contributed by atoms with Crippen LogP contribution in [0.3, 0.4) is 0 Å². The maximum absolute atomic E-state index is 4.16. The minimum atomic E-state index is 0. The van der Waals surface area contributed by atoms with E-state index in [0.717, 1.165) is 5.28 Å². The van der Waals surface area contributed by atoms with Crippen LogP contribution in [0.4, 0.5) is 0 Å². The van der Waals surface area contributed by atoms with Gasteiger partial charge in [-0.2, -0.15) is 0 Å². The van der Waals surface area contributed by atoms with Gasteiger partial charge in [0, 0.05) is 6.21 Å². The van der Waals surface area contributed by atoms with Crippen LogP contribution in [0.25, 0.3) is 6.08 Å². The standard InChI is InChI=1S/C13H15.C9H8N2.2ClH.Cr/c1-13(2,3)12-9-8-10-6-4-5-7-11(10)12;1-2-4-8(5-3-1)9-6-10-7-11-9;;;/h4-9,12H,1H2,2-3H3;1-7,9H;2*1H;/q;;;;+2/p-2. The van der Waals surface area contributed by atoms with Crippen molar-refractivity contribution in [3.63, 3.8) is 0 Å². The minimum absolute atomic E-state index is 0. The third-order valence-corrected chi connectivity index (χ3v) is 5.84. The van der Waals surface area contributed by atoms with Gasteiger partial charge in [-0.15, -0.1) is 0 Å². The molecule has 0 aromatic heterocycles. The molecule has 0 amide bonds. The van der Waals surface area contributed by atoms with Crippen LogP contribution < -0.4 is 24.8 Å². The Kier molecular flexibility index (Phi) is 9.50. The summed E-state index contributed by atoms with van der Waals surface area (Å²) in [6.07, 6.45) is 8.02. The first-order valence-electron chi connectivity index (χ1n) is 8.57. The summed E-state index contributed by atoms with van der Waals surface area (Å²) in [6, 6.07) is 19.0. The van der Waals surface area contributed by atoms with Crippen LogP contribution >= 0.6 is 0 Å². The zero-order valence-corrected chi connectivity index (χ0v) is 18.2. The van der Waals surface area contributed by atoms with E-state index in [1.54, 1.807) is 6.34 Å². The van der Waals surface area contributed by atoms with E-state index in [9.17, 15) is 0 Å². The molecule has 2 nitrogen and oxygen atoms in total. The molecule has 1 aliphatic carbocycles. The zero-order chi connectivity index (χ0) is 17.7. The number of aliphatic imine (C=N–C) groups is 2. The van der Waals surface area contributed by atoms with Crippen molar-refractivity contribution in [2.45, 2.75) is 31.1 Å². The van der Waals surface area contributed by atoms with Crippen LogP contribution in [-0.4, -0.2) is 12.6 Å². The number of fused-ring (bicyclic) bond motifs is 1. The maximum atomic E-state index is 4.16. The van der Waals surface area contributed by atoms with Gasteiger partial charge in [0.05, 0.1) is 0 Å². The average Bonchev–Trinajstić information content (AvgIpc) is 3.33. The Labute approximate surface area is 183 Å². The molecule has 2 aromatic rings. The molecular weight excluding hydrogens is 415 g/mol. The van der Waals surface area contributed by atoms with Gasteiger partial charge in [-0.1, -0.05) is 30.3 Å². The SMILES string of the molecule is C1=NC=NC1c1ccccc1.CC(C)([CH2][Cr+2])C1C=Cc2ccccc21.[Cl-].[Cl-]. The second-order valence-electron chi connectivity index (χ2n) is 7.02. The molecule has 1 aliphatic heterocycles. The molecule has 0 saturated carbocycles. The summed E-state index contributed by atoms with van der Waals surface area (Å²) in [7, 11) is 0. The number of halogens is 2. The minimum Gasteiger partial charge on any atom is -1.00 e. The second-order valence-corrected chi connectivity index (χ2v) is 7.47. The number of nitrogens with zero attached hydrogens (tertiary/aromatic N) is 2. The van der Waals surface area contributed by atoms with E-state index in [1.165, 1.54) is 16.7 Å². The molecule has 141 valence electrons. The fourth-order valence-corrected chi connectivity index (χ4v) is 3.39. The van der Waals surface area contributed by atoms with Crippen molar-refractivity contribution in [1.29, 1.82) is 0 Å². The predicted octanol–water partition coefficient (Wildman–Crippen LogP) is -0.363. The second kappa shape index (κ2) is 10.8. The Bertz CT molecular complexity index is 789. The van der Waals surface area contributed by atoms with Crippen LogP contribution in [0.1, 0.15) is 42.5 Å². The summed E-state index contributed by atoms with van der Waals surface area (Å²) in [5.41, 5.74) is 4.39. The number of rotatable bonds is 3. The number of hydrogen-bond donors (Lipinski definition) is 0. The fraction of sp³-hybridized carbons (Fsp3) is 0.273. The van der Waals surface area contributed by atoms with Crippen LogP contribution in [-0.2, 0) is 16.3 Å². The van der Waals surface area contributed by atoms with Gasteiger partial charge in [-0.25, -0.2) is 4.99 Å². The zero-order valence-electron chi connectivity index (χ0n) is 15.4. The van der Waals surface area contributed by atoms with Crippen molar-refractivity contribution in [3.05, 3.63) is 77.4 Å². The molecule has 2 unspecified atom stereocenters. The van der Waals surface area contributed by atoms with Gasteiger partial charge < -0.3 is 24.8 Å². The molecule has 0 spiro atoms. The van der Waals surface area contributed by atoms with Crippen molar-refractivity contribution >= 4 is 18.6 Å². The average molecular weight is 438 g/mol. The third kappa shape index (κ3) is 5.80. The first-order valence-corrected chi connectivity index (χ1v) is 9.47. The van der Waals surface area contributed by atoms with Gasteiger partial charge in [0.2, 0.25) is 0 Å². The van der Waals surface area contributed by atoms with Crippen LogP contribution in [0.2, 0.25) is 5.28 Å². The topological polar surface area (TPSA) is 24.7 Å². The van der Waals surface area contributed by atoms with E-state index in [4.69, 9.17) is 0 Å². The summed E-state index contributed by atoms with van der Waals surface area (Å²) < 4.78 is 0. The van der Waals surface area contributed by atoms with E-state index in [1.807, 2.05) is 24.4 Å². The molecular formula is C22H23Cl2CrN2. The molecule has 0 saturated heterocycles. The smallest absolute Gasteiger partial charge is 1.00 e. The van der Waals surface area contributed by atoms with Gasteiger partial charge >= 0.3 is 94.3 Å². The summed E-state index contributed by atoms with van der Waals surface area (Å²) in [5.74, 6) is 0.569. The van der Waals surface area contributed by atoms with Crippen molar-refractivity contribution in [2.75, 3.05) is 0 Å². The summed E-state index contributed by atoms with van der Waals surface area (Å²) in [4.78, 5) is 8.08. The molecule has 2 atom stereocenters. The van der Waals surface area contributed by atoms with Crippen molar-refractivity contribution in [1.82, 2.24) is 0 Å². The van der Waals surface area contributed by atoms with Crippen LogP contribution in [0.15, 0.2) is 70.7 Å². The molecule has 0 bridgehead atoms. The molecule has 0 radical (unpaired) electrons. The molecule has 2 aliphatic rings. The third-order valence-electron chi connectivity index (χ3n) is 4.68. The van der Waals surface area contributed by atoms with E-state index < -0.39 is 0 Å². The van der Waals surface area contributed by atoms with Crippen LogP contribution in [0.5, 0.6) is 0 Å². The monoisotopic (exact) mass is 437 g/mol. The Morgan fingerprint density at radius 1 is 0.963 bits per heavy atom. The van der Waals surface area contributed by atoms with Crippen molar-refractivity contribution in [3.8, 4) is 0 Å². The van der Waals surface area contributed by atoms with Crippen LogP contribution in [0, 0.1) is 5.41 Å². The number of benzene rings is 2. The molecule has 5 heteroatoms. The van der Waals surface area contributed by atoms with Gasteiger partial charge in [0.15, 0.2) is 0 Å². The van der Waals surface area contributed by atoms with E-state index in [0.29, 0.717) is 11.3 Å². The van der Waals surface area contributed by atoms with Gasteiger partial charge in [0.25, 0.3) is 0 Å². The number of hydrogen-bond acceptors (Lipinski definition) is 2. The largest absolute Gasteiger partial charge is 1.00 e. The molecule has 0 fully saturated rings. The summed E-state index contributed by atoms with van der Waals surface area (Å²) in [6.45, 7) is 4.64. The van der Waals surface area contributed by atoms with E-state index >= 15 is 0 Å². The first-order chi connectivity index (χ1) is 12.1. The maximum Gasteiger partial charge on any atom is -1.00 e. The molecule has 4 rings (SSSR count). The Morgan fingerprint density at radius 3 is 2.26 bits per heavy atom. The quantitative estimate of drug-likeness (QED) is 0.626. The molecule has 2 aromatic carbocycles. The fourth-order valence-electron chi connectivity index (χ4n) is 3.11. The van der Waals surface area contributed by atoms with Crippen molar-refractivity contribution in [2.24, 2.45) is 15.4 Å². The normalized spacial score (nSPS) is 18.7. The van der Waals surface area contributed by atoms with Gasteiger partial charge in [-0.3, -0.25) is 4.99 Å². The molecule has 27 heavy (non-hydrogen) atoms. The molecule has 0 N–H and O–H groups in total. The summed E-state index contributed by atoms with van der Waals surface area (Å²) >= 11 is 3.16. The Balaban J connectivity index is 0.000000257.